The second-order valence-corrected chi connectivity index (χ2v) is 3.42. The number of fused-ring (bicyclic) bond motifs is 1. The van der Waals surface area contributed by atoms with Crippen LogP contribution in [0.4, 0.5) is 5.69 Å². The lowest BCUT2D eigenvalue weighted by Gasteiger charge is -1.98. The molecule has 2 N–H and O–H groups in total. The number of hydrogen-bond acceptors (Lipinski definition) is 3. The van der Waals surface area contributed by atoms with Gasteiger partial charge in [-0.1, -0.05) is 0 Å². The van der Waals surface area contributed by atoms with Crippen molar-refractivity contribution in [2.24, 2.45) is 7.05 Å². The van der Waals surface area contributed by atoms with E-state index in [0.717, 1.165) is 10.9 Å². The third-order valence-electron chi connectivity index (χ3n) is 2.42. The molecule has 1 aromatic heterocycles. The third-order valence-corrected chi connectivity index (χ3v) is 2.42. The lowest BCUT2D eigenvalue weighted by atomic mass is 10.1. The molecule has 0 atom stereocenters. The van der Waals surface area contributed by atoms with E-state index in [1.54, 1.807) is 12.3 Å². The minimum atomic E-state index is -0.328. The van der Waals surface area contributed by atoms with Crippen molar-refractivity contribution in [3.8, 4) is 0 Å². The van der Waals surface area contributed by atoms with Gasteiger partial charge in [0.1, 0.15) is 0 Å². The summed E-state index contributed by atoms with van der Waals surface area (Å²) in [4.78, 5) is 11.5. The molecule has 4 nitrogen and oxygen atoms in total. The number of nitrogen functional groups attached to an aromatic ring is 1. The van der Waals surface area contributed by atoms with Crippen LogP contribution in [-0.2, 0) is 11.8 Å². The molecule has 0 aliphatic carbocycles. The number of hydrogen-bond donors (Lipinski definition) is 1. The van der Waals surface area contributed by atoms with Gasteiger partial charge in [-0.3, -0.25) is 0 Å². The zero-order valence-corrected chi connectivity index (χ0v) is 8.65. The molecule has 0 saturated heterocycles. The molecule has 1 aromatic carbocycles. The SMILES string of the molecule is COC(=O)c1cn(C)c2cc(N)ccc12. The Labute approximate surface area is 87.2 Å². The predicted molar refractivity (Wildman–Crippen MR) is 58.7 cm³/mol. The van der Waals surface area contributed by atoms with Gasteiger partial charge in [-0.15, -0.1) is 0 Å². The zero-order chi connectivity index (χ0) is 11.0. The number of aromatic nitrogens is 1. The van der Waals surface area contributed by atoms with E-state index < -0.39 is 0 Å². The van der Waals surface area contributed by atoms with Crippen LogP contribution < -0.4 is 5.73 Å². The van der Waals surface area contributed by atoms with E-state index >= 15 is 0 Å². The van der Waals surface area contributed by atoms with Crippen LogP contribution in [0.25, 0.3) is 10.9 Å². The second-order valence-electron chi connectivity index (χ2n) is 3.42. The second kappa shape index (κ2) is 3.31. The van der Waals surface area contributed by atoms with Crippen LogP contribution in [0.15, 0.2) is 24.4 Å². The minimum Gasteiger partial charge on any atom is -0.465 e. The average molecular weight is 204 g/mol. The fraction of sp³-hybridized carbons (Fsp3) is 0.182. The van der Waals surface area contributed by atoms with E-state index in [-0.39, 0.29) is 5.97 Å². The lowest BCUT2D eigenvalue weighted by molar-refractivity contribution is 0.0603. The van der Waals surface area contributed by atoms with Crippen molar-refractivity contribution in [2.75, 3.05) is 12.8 Å². The molecule has 0 unspecified atom stereocenters. The number of carbonyl (C=O) groups is 1. The number of benzene rings is 1. The van der Waals surface area contributed by atoms with E-state index in [1.807, 2.05) is 23.7 Å². The van der Waals surface area contributed by atoms with Crippen LogP contribution in [0, 0.1) is 0 Å². The molecule has 2 aromatic rings. The Morgan fingerprint density at radius 1 is 1.47 bits per heavy atom. The predicted octanol–water partition coefficient (Wildman–Crippen LogP) is 1.55. The number of methoxy groups -OCH3 is 1. The highest BCUT2D eigenvalue weighted by Gasteiger charge is 2.13. The summed E-state index contributed by atoms with van der Waals surface area (Å²) < 4.78 is 6.56. The molecular formula is C11H12N2O2. The molecule has 15 heavy (non-hydrogen) atoms. The van der Waals surface area contributed by atoms with Gasteiger partial charge in [0.15, 0.2) is 0 Å². The number of ether oxygens (including phenoxy) is 1. The van der Waals surface area contributed by atoms with E-state index in [4.69, 9.17) is 10.5 Å². The van der Waals surface area contributed by atoms with E-state index in [2.05, 4.69) is 0 Å². The topological polar surface area (TPSA) is 57.2 Å². The summed E-state index contributed by atoms with van der Waals surface area (Å²) in [5.74, 6) is -0.328. The van der Waals surface area contributed by atoms with Gasteiger partial charge in [-0.05, 0) is 18.2 Å². The number of carbonyl (C=O) groups excluding carboxylic acids is 1. The highest BCUT2D eigenvalue weighted by Crippen LogP contribution is 2.23. The molecule has 0 spiro atoms. The van der Waals surface area contributed by atoms with Gasteiger partial charge in [0, 0.05) is 24.3 Å². The first kappa shape index (κ1) is 9.58. The summed E-state index contributed by atoms with van der Waals surface area (Å²) in [6.45, 7) is 0. The van der Waals surface area contributed by atoms with Gasteiger partial charge in [0.2, 0.25) is 0 Å². The van der Waals surface area contributed by atoms with Crippen molar-refractivity contribution in [3.63, 3.8) is 0 Å². The summed E-state index contributed by atoms with van der Waals surface area (Å²) >= 11 is 0. The Hall–Kier alpha value is -1.97. The molecule has 2 rings (SSSR count). The Bertz CT molecular complexity index is 529. The van der Waals surface area contributed by atoms with Crippen LogP contribution in [0.3, 0.4) is 0 Å². The molecule has 4 heteroatoms. The number of anilines is 1. The highest BCUT2D eigenvalue weighted by molar-refractivity contribution is 6.04. The van der Waals surface area contributed by atoms with Gasteiger partial charge in [0.05, 0.1) is 18.2 Å². The van der Waals surface area contributed by atoms with Gasteiger partial charge in [0.25, 0.3) is 0 Å². The smallest absolute Gasteiger partial charge is 0.340 e. The summed E-state index contributed by atoms with van der Waals surface area (Å²) in [6, 6.07) is 5.44. The van der Waals surface area contributed by atoms with Gasteiger partial charge in [-0.2, -0.15) is 0 Å². The quantitative estimate of drug-likeness (QED) is 0.566. The molecule has 0 aliphatic heterocycles. The number of esters is 1. The number of nitrogens with two attached hydrogens (primary N) is 1. The molecule has 78 valence electrons. The molecule has 0 radical (unpaired) electrons. The summed E-state index contributed by atoms with van der Waals surface area (Å²) in [6.07, 6.45) is 1.75. The summed E-state index contributed by atoms with van der Waals surface area (Å²) in [5.41, 5.74) is 7.85. The van der Waals surface area contributed by atoms with Crippen molar-refractivity contribution in [1.29, 1.82) is 0 Å². The molecule has 0 fully saturated rings. The fourth-order valence-corrected chi connectivity index (χ4v) is 1.67. The van der Waals surface area contributed by atoms with Crippen LogP contribution in [0.5, 0.6) is 0 Å². The maximum Gasteiger partial charge on any atom is 0.340 e. The van der Waals surface area contributed by atoms with Crippen LogP contribution >= 0.6 is 0 Å². The number of rotatable bonds is 1. The summed E-state index contributed by atoms with van der Waals surface area (Å²) in [7, 11) is 3.24. The molecule has 0 aliphatic rings. The van der Waals surface area contributed by atoms with Gasteiger partial charge in [-0.25, -0.2) is 4.79 Å². The van der Waals surface area contributed by atoms with Crippen molar-refractivity contribution < 1.29 is 9.53 Å². The Balaban J connectivity index is 2.73. The summed E-state index contributed by atoms with van der Waals surface area (Å²) in [5, 5.41) is 0.860. The van der Waals surface area contributed by atoms with Crippen molar-refractivity contribution >= 4 is 22.6 Å². The fourth-order valence-electron chi connectivity index (χ4n) is 1.67. The van der Waals surface area contributed by atoms with Crippen molar-refractivity contribution in [2.45, 2.75) is 0 Å². The van der Waals surface area contributed by atoms with Crippen molar-refractivity contribution in [3.05, 3.63) is 30.0 Å². The van der Waals surface area contributed by atoms with Crippen LogP contribution in [0.2, 0.25) is 0 Å². The minimum absolute atomic E-state index is 0.328. The van der Waals surface area contributed by atoms with Crippen LogP contribution in [0.1, 0.15) is 10.4 Å². The van der Waals surface area contributed by atoms with E-state index in [1.165, 1.54) is 7.11 Å². The maximum atomic E-state index is 11.5. The standard InChI is InChI=1S/C11H12N2O2/c1-13-6-9(11(14)15-2)8-4-3-7(12)5-10(8)13/h3-6H,12H2,1-2H3. The normalized spacial score (nSPS) is 10.5. The third kappa shape index (κ3) is 1.44. The highest BCUT2D eigenvalue weighted by atomic mass is 16.5. The molecule has 0 saturated carbocycles. The molecular weight excluding hydrogens is 192 g/mol. The number of nitrogens with zero attached hydrogens (tertiary/aromatic N) is 1. The molecule has 0 amide bonds. The first-order valence-electron chi connectivity index (χ1n) is 4.56. The molecule has 0 bridgehead atoms. The lowest BCUT2D eigenvalue weighted by Crippen LogP contribution is -1.99. The first-order chi connectivity index (χ1) is 7.13. The van der Waals surface area contributed by atoms with Crippen LogP contribution in [-0.4, -0.2) is 17.6 Å². The Morgan fingerprint density at radius 2 is 2.20 bits per heavy atom. The van der Waals surface area contributed by atoms with Gasteiger partial charge >= 0.3 is 5.97 Å². The monoisotopic (exact) mass is 204 g/mol. The largest absolute Gasteiger partial charge is 0.465 e. The Morgan fingerprint density at radius 3 is 2.87 bits per heavy atom. The molecule has 1 heterocycles. The zero-order valence-electron chi connectivity index (χ0n) is 8.65. The van der Waals surface area contributed by atoms with E-state index in [9.17, 15) is 4.79 Å². The van der Waals surface area contributed by atoms with E-state index in [0.29, 0.717) is 11.3 Å². The first-order valence-corrected chi connectivity index (χ1v) is 4.56. The maximum absolute atomic E-state index is 11.5. The van der Waals surface area contributed by atoms with Gasteiger partial charge < -0.3 is 15.0 Å². The Kier molecular flexibility index (Phi) is 2.11. The number of aryl methyl sites for hydroxylation is 1. The van der Waals surface area contributed by atoms with Crippen molar-refractivity contribution in [1.82, 2.24) is 4.57 Å². The average Bonchev–Trinajstić information content (AvgIpc) is 2.55.